The second kappa shape index (κ2) is 13.3. The number of hydrazone groups is 1. The number of halogens is 1. The standard InChI is InChI=1S/C32H27BrN4O3S/c1-21-3-14-27(15-4-21)35-32-36-28(20-41-32)24-8-10-25(11-9-24)31(38)37-34-18-23-7-16-29(30(17-23)39-2)40-19-22-5-12-26(33)13-6-22/h3-18,20H,19H2,1-2H3,(H,35,36)(H,37,38)/b34-18-. The summed E-state index contributed by atoms with van der Waals surface area (Å²) in [7, 11) is 1.58. The van der Waals surface area contributed by atoms with Gasteiger partial charge in [-0.05, 0) is 72.6 Å². The van der Waals surface area contributed by atoms with Crippen LogP contribution in [-0.2, 0) is 6.61 Å². The third-order valence-corrected chi connectivity index (χ3v) is 7.41. The van der Waals surface area contributed by atoms with Gasteiger partial charge in [-0.2, -0.15) is 5.10 Å². The first kappa shape index (κ1) is 28.1. The van der Waals surface area contributed by atoms with E-state index in [0.717, 1.165) is 37.7 Å². The third-order valence-electron chi connectivity index (χ3n) is 6.12. The molecule has 0 radical (unpaired) electrons. The fraction of sp³-hybridized carbons (Fsp3) is 0.0938. The molecule has 0 fully saturated rings. The van der Waals surface area contributed by atoms with Crippen LogP contribution in [0.3, 0.4) is 0 Å². The quantitative estimate of drug-likeness (QED) is 0.121. The molecule has 0 saturated carbocycles. The molecule has 7 nitrogen and oxygen atoms in total. The highest BCUT2D eigenvalue weighted by atomic mass is 79.9. The van der Waals surface area contributed by atoms with Crippen LogP contribution >= 0.6 is 27.3 Å². The summed E-state index contributed by atoms with van der Waals surface area (Å²) in [5.41, 5.74) is 8.83. The minimum atomic E-state index is -0.311. The van der Waals surface area contributed by atoms with E-state index in [9.17, 15) is 4.79 Å². The number of carbonyl (C=O) groups excluding carboxylic acids is 1. The van der Waals surface area contributed by atoms with Gasteiger partial charge in [0.2, 0.25) is 0 Å². The van der Waals surface area contributed by atoms with Crippen LogP contribution < -0.4 is 20.2 Å². The van der Waals surface area contributed by atoms with Gasteiger partial charge in [0.1, 0.15) is 6.61 Å². The topological polar surface area (TPSA) is 84.8 Å². The molecule has 0 unspecified atom stereocenters. The lowest BCUT2D eigenvalue weighted by Crippen LogP contribution is -2.17. The van der Waals surface area contributed by atoms with Gasteiger partial charge < -0.3 is 14.8 Å². The number of methoxy groups -OCH3 is 1. The zero-order valence-corrected chi connectivity index (χ0v) is 24.8. The van der Waals surface area contributed by atoms with E-state index in [1.165, 1.54) is 16.9 Å². The molecule has 0 aliphatic carbocycles. The Morgan fingerprint density at radius 1 is 0.976 bits per heavy atom. The first-order valence-electron chi connectivity index (χ1n) is 12.8. The summed E-state index contributed by atoms with van der Waals surface area (Å²) in [5, 5.41) is 10.2. The lowest BCUT2D eigenvalue weighted by molar-refractivity contribution is 0.0955. The average Bonchev–Trinajstić information content (AvgIpc) is 3.47. The van der Waals surface area contributed by atoms with Gasteiger partial charge in [0.25, 0.3) is 5.91 Å². The molecule has 5 aromatic rings. The highest BCUT2D eigenvalue weighted by molar-refractivity contribution is 9.10. The van der Waals surface area contributed by atoms with Crippen molar-refractivity contribution >= 4 is 50.2 Å². The number of aromatic nitrogens is 1. The van der Waals surface area contributed by atoms with Crippen molar-refractivity contribution in [1.29, 1.82) is 0 Å². The third kappa shape index (κ3) is 7.59. The largest absolute Gasteiger partial charge is 0.493 e. The van der Waals surface area contributed by atoms with Gasteiger partial charge in [0.15, 0.2) is 16.6 Å². The summed E-state index contributed by atoms with van der Waals surface area (Å²) in [6, 6.07) is 28.8. The fourth-order valence-corrected chi connectivity index (χ4v) is 4.88. The molecule has 1 amide bonds. The van der Waals surface area contributed by atoms with Crippen molar-refractivity contribution in [1.82, 2.24) is 10.4 Å². The summed E-state index contributed by atoms with van der Waals surface area (Å²) >= 11 is 4.96. The molecule has 0 bridgehead atoms. The zero-order valence-electron chi connectivity index (χ0n) is 22.4. The second-order valence-electron chi connectivity index (χ2n) is 9.13. The predicted molar refractivity (Wildman–Crippen MR) is 169 cm³/mol. The number of nitrogens with one attached hydrogen (secondary N) is 2. The number of rotatable bonds is 10. The Kier molecular flexibility index (Phi) is 9.08. The predicted octanol–water partition coefficient (Wildman–Crippen LogP) is 7.98. The Hall–Kier alpha value is -4.47. The van der Waals surface area contributed by atoms with Crippen molar-refractivity contribution in [3.05, 3.63) is 123 Å². The Labute approximate surface area is 251 Å². The molecule has 5 rings (SSSR count). The van der Waals surface area contributed by atoms with Gasteiger partial charge in [0.05, 0.1) is 19.0 Å². The molecule has 206 valence electrons. The van der Waals surface area contributed by atoms with Gasteiger partial charge >= 0.3 is 0 Å². The molecule has 1 aromatic heterocycles. The van der Waals surface area contributed by atoms with Crippen LogP contribution in [-0.4, -0.2) is 24.2 Å². The van der Waals surface area contributed by atoms with Crippen LogP contribution in [0.2, 0.25) is 0 Å². The lowest BCUT2D eigenvalue weighted by Gasteiger charge is -2.11. The van der Waals surface area contributed by atoms with E-state index >= 15 is 0 Å². The molecule has 9 heteroatoms. The minimum absolute atomic E-state index is 0.311. The van der Waals surface area contributed by atoms with Crippen molar-refractivity contribution in [2.45, 2.75) is 13.5 Å². The normalized spacial score (nSPS) is 10.9. The Morgan fingerprint density at radius 3 is 2.46 bits per heavy atom. The van der Waals surface area contributed by atoms with Crippen molar-refractivity contribution < 1.29 is 14.3 Å². The van der Waals surface area contributed by atoms with E-state index in [-0.39, 0.29) is 5.91 Å². The van der Waals surface area contributed by atoms with Gasteiger partial charge in [-0.3, -0.25) is 4.79 Å². The van der Waals surface area contributed by atoms with E-state index in [4.69, 9.17) is 9.47 Å². The number of hydrogen-bond donors (Lipinski definition) is 2. The van der Waals surface area contributed by atoms with E-state index in [0.29, 0.717) is 23.7 Å². The molecule has 1 heterocycles. The Bertz CT molecular complexity index is 1650. The molecule has 0 aliphatic rings. The molecule has 0 atom stereocenters. The minimum Gasteiger partial charge on any atom is -0.493 e. The Balaban J connectivity index is 1.15. The number of carbonyl (C=O) groups is 1. The van der Waals surface area contributed by atoms with Crippen LogP contribution in [0.1, 0.15) is 27.0 Å². The number of nitrogens with zero attached hydrogens (tertiary/aromatic N) is 2. The maximum absolute atomic E-state index is 12.6. The fourth-order valence-electron chi connectivity index (χ4n) is 3.87. The van der Waals surface area contributed by atoms with E-state index < -0.39 is 0 Å². The summed E-state index contributed by atoms with van der Waals surface area (Å²) < 4.78 is 12.4. The van der Waals surface area contributed by atoms with Gasteiger partial charge in [-0.1, -0.05) is 57.9 Å². The number of anilines is 2. The van der Waals surface area contributed by atoms with Crippen LogP contribution in [0.15, 0.2) is 106 Å². The maximum Gasteiger partial charge on any atom is 0.271 e. The smallest absolute Gasteiger partial charge is 0.271 e. The first-order chi connectivity index (χ1) is 20.0. The summed E-state index contributed by atoms with van der Waals surface area (Å²) in [4.78, 5) is 17.3. The lowest BCUT2D eigenvalue weighted by atomic mass is 10.1. The molecule has 2 N–H and O–H groups in total. The van der Waals surface area contributed by atoms with Crippen molar-refractivity contribution in [3.63, 3.8) is 0 Å². The van der Waals surface area contributed by atoms with Gasteiger partial charge in [-0.15, -0.1) is 11.3 Å². The van der Waals surface area contributed by atoms with Crippen LogP contribution in [0.4, 0.5) is 10.8 Å². The van der Waals surface area contributed by atoms with Crippen LogP contribution in [0.25, 0.3) is 11.3 Å². The molecule has 0 saturated heterocycles. The molecular weight excluding hydrogens is 600 g/mol. The maximum atomic E-state index is 12.6. The molecule has 0 aliphatic heterocycles. The molecule has 4 aromatic carbocycles. The number of hydrogen-bond acceptors (Lipinski definition) is 7. The number of ether oxygens (including phenoxy) is 2. The van der Waals surface area contributed by atoms with Gasteiger partial charge in [0, 0.05) is 26.7 Å². The number of amides is 1. The first-order valence-corrected chi connectivity index (χ1v) is 14.4. The zero-order chi connectivity index (χ0) is 28.6. The van der Waals surface area contributed by atoms with E-state index in [2.05, 4.69) is 55.8 Å². The summed E-state index contributed by atoms with van der Waals surface area (Å²) in [6.45, 7) is 2.47. The van der Waals surface area contributed by atoms with Crippen LogP contribution in [0, 0.1) is 6.92 Å². The molecule has 41 heavy (non-hydrogen) atoms. The number of aryl methyl sites for hydroxylation is 1. The van der Waals surface area contributed by atoms with E-state index in [1.54, 1.807) is 31.5 Å². The van der Waals surface area contributed by atoms with Crippen molar-refractivity contribution in [2.75, 3.05) is 12.4 Å². The number of thiazole rings is 1. The highest BCUT2D eigenvalue weighted by Crippen LogP contribution is 2.29. The average molecular weight is 628 g/mol. The SMILES string of the molecule is COc1cc(/C=N\NC(=O)c2ccc(-c3csc(Nc4ccc(C)cc4)n3)cc2)ccc1OCc1ccc(Br)cc1. The molecular formula is C32H27BrN4O3S. The Morgan fingerprint density at radius 2 is 1.73 bits per heavy atom. The number of benzene rings is 4. The highest BCUT2D eigenvalue weighted by Gasteiger charge is 2.09. The summed E-state index contributed by atoms with van der Waals surface area (Å²) in [6.07, 6.45) is 1.56. The summed E-state index contributed by atoms with van der Waals surface area (Å²) in [5.74, 6) is 0.885. The van der Waals surface area contributed by atoms with Gasteiger partial charge in [-0.25, -0.2) is 10.4 Å². The van der Waals surface area contributed by atoms with E-state index in [1.807, 2.05) is 66.0 Å². The molecule has 0 spiro atoms. The van der Waals surface area contributed by atoms with Crippen molar-refractivity contribution in [2.24, 2.45) is 5.10 Å². The van der Waals surface area contributed by atoms with Crippen molar-refractivity contribution in [3.8, 4) is 22.8 Å². The second-order valence-corrected chi connectivity index (χ2v) is 10.9. The van der Waals surface area contributed by atoms with Crippen LogP contribution in [0.5, 0.6) is 11.5 Å². The monoisotopic (exact) mass is 626 g/mol.